The number of hydrogen-bond acceptors (Lipinski definition) is 4. The average Bonchev–Trinajstić information content (AvgIpc) is 3.03. The van der Waals surface area contributed by atoms with Crippen LogP contribution in [-0.4, -0.2) is 33.7 Å². The van der Waals surface area contributed by atoms with Crippen molar-refractivity contribution in [2.45, 2.75) is 43.2 Å². The zero-order valence-electron chi connectivity index (χ0n) is 11.6. The first-order valence-electron chi connectivity index (χ1n) is 7.05. The molecule has 2 aliphatic heterocycles. The predicted molar refractivity (Wildman–Crippen MR) is 77.4 cm³/mol. The largest absolute Gasteiger partial charge is 0.382 e. The molecule has 0 aromatic heterocycles. The molecule has 0 saturated carbocycles. The molecule has 0 aliphatic carbocycles. The first kappa shape index (κ1) is 13.9. The van der Waals surface area contributed by atoms with Gasteiger partial charge in [0, 0.05) is 24.9 Å². The molecule has 0 radical (unpaired) electrons. The molecule has 1 aromatic carbocycles. The van der Waals surface area contributed by atoms with Crippen LogP contribution in [0.1, 0.15) is 25.3 Å². The standard InChI is InChI=1S/C14H20N2O3S/c1-10-7-11-8-13(4-5-14(11)16-10)20(17,18)15-9-12-3-2-6-19-12/h4-5,8,10,12,15-16H,2-3,6-7,9H2,1H3/t10-,12-/m0/s1. The Hall–Kier alpha value is -1.11. The van der Waals surface area contributed by atoms with Crippen molar-refractivity contribution in [1.82, 2.24) is 4.72 Å². The van der Waals surface area contributed by atoms with E-state index in [4.69, 9.17) is 4.74 Å². The second kappa shape index (κ2) is 5.35. The summed E-state index contributed by atoms with van der Waals surface area (Å²) in [6.07, 6.45) is 2.81. The van der Waals surface area contributed by atoms with Crippen molar-refractivity contribution in [3.8, 4) is 0 Å². The number of benzene rings is 1. The summed E-state index contributed by atoms with van der Waals surface area (Å²) in [6, 6.07) is 5.63. The second-order valence-corrected chi connectivity index (χ2v) is 7.32. The van der Waals surface area contributed by atoms with E-state index in [0.29, 0.717) is 17.5 Å². The first-order chi connectivity index (χ1) is 9.54. The van der Waals surface area contributed by atoms with Gasteiger partial charge in [-0.3, -0.25) is 0 Å². The smallest absolute Gasteiger partial charge is 0.240 e. The SMILES string of the molecule is C[C@H]1Cc2cc(S(=O)(=O)NC[C@@H]3CCCO3)ccc2N1. The summed E-state index contributed by atoms with van der Waals surface area (Å²) >= 11 is 0. The minimum absolute atomic E-state index is 0.0147. The maximum Gasteiger partial charge on any atom is 0.240 e. The number of nitrogens with one attached hydrogen (secondary N) is 2. The minimum Gasteiger partial charge on any atom is -0.382 e. The van der Waals surface area contributed by atoms with Gasteiger partial charge in [0.15, 0.2) is 0 Å². The highest BCUT2D eigenvalue weighted by atomic mass is 32.2. The van der Waals surface area contributed by atoms with Gasteiger partial charge in [-0.05, 0) is 49.9 Å². The third kappa shape index (κ3) is 2.82. The monoisotopic (exact) mass is 296 g/mol. The molecule has 5 nitrogen and oxygen atoms in total. The van der Waals surface area contributed by atoms with Gasteiger partial charge in [0.2, 0.25) is 10.0 Å². The van der Waals surface area contributed by atoms with Crippen LogP contribution in [0.15, 0.2) is 23.1 Å². The molecule has 0 amide bonds. The van der Waals surface area contributed by atoms with Crippen LogP contribution < -0.4 is 10.0 Å². The lowest BCUT2D eigenvalue weighted by Gasteiger charge is -2.12. The molecule has 6 heteroatoms. The van der Waals surface area contributed by atoms with E-state index in [1.165, 1.54) is 0 Å². The molecule has 0 unspecified atom stereocenters. The highest BCUT2D eigenvalue weighted by Crippen LogP contribution is 2.28. The van der Waals surface area contributed by atoms with E-state index in [9.17, 15) is 8.42 Å². The summed E-state index contributed by atoms with van der Waals surface area (Å²) in [5.74, 6) is 0. The molecule has 110 valence electrons. The van der Waals surface area contributed by atoms with Gasteiger partial charge in [-0.1, -0.05) is 0 Å². The Morgan fingerprint density at radius 3 is 3.05 bits per heavy atom. The van der Waals surface area contributed by atoms with Crippen molar-refractivity contribution in [3.63, 3.8) is 0 Å². The summed E-state index contributed by atoms with van der Waals surface area (Å²) < 4.78 is 32.6. The summed E-state index contributed by atoms with van der Waals surface area (Å²) in [6.45, 7) is 3.17. The molecule has 2 N–H and O–H groups in total. The summed E-state index contributed by atoms with van der Waals surface area (Å²) in [5, 5.41) is 3.32. The topological polar surface area (TPSA) is 67.4 Å². The van der Waals surface area contributed by atoms with Crippen molar-refractivity contribution in [1.29, 1.82) is 0 Å². The fourth-order valence-corrected chi connectivity index (χ4v) is 3.90. The van der Waals surface area contributed by atoms with Gasteiger partial charge >= 0.3 is 0 Å². The third-order valence-corrected chi connectivity index (χ3v) is 5.26. The maximum absolute atomic E-state index is 12.3. The Balaban J connectivity index is 1.72. The van der Waals surface area contributed by atoms with Crippen LogP contribution in [0.4, 0.5) is 5.69 Å². The van der Waals surface area contributed by atoms with Gasteiger partial charge in [-0.25, -0.2) is 13.1 Å². The van der Waals surface area contributed by atoms with Crippen LogP contribution in [0.2, 0.25) is 0 Å². The molecule has 0 spiro atoms. The van der Waals surface area contributed by atoms with Gasteiger partial charge in [-0.2, -0.15) is 0 Å². The molecule has 2 aliphatic rings. The molecule has 20 heavy (non-hydrogen) atoms. The molecular formula is C14H20N2O3S. The van der Waals surface area contributed by atoms with E-state index in [0.717, 1.165) is 37.1 Å². The number of anilines is 1. The highest BCUT2D eigenvalue weighted by molar-refractivity contribution is 7.89. The number of rotatable bonds is 4. The summed E-state index contributed by atoms with van der Waals surface area (Å²) in [5.41, 5.74) is 2.10. The lowest BCUT2D eigenvalue weighted by Crippen LogP contribution is -2.31. The van der Waals surface area contributed by atoms with Crippen molar-refractivity contribution in [2.24, 2.45) is 0 Å². The maximum atomic E-state index is 12.3. The Labute approximate surface area is 119 Å². The van der Waals surface area contributed by atoms with Crippen molar-refractivity contribution >= 4 is 15.7 Å². The van der Waals surface area contributed by atoms with E-state index in [-0.39, 0.29) is 6.10 Å². The van der Waals surface area contributed by atoms with Crippen LogP contribution in [-0.2, 0) is 21.2 Å². The van der Waals surface area contributed by atoms with Crippen LogP contribution >= 0.6 is 0 Å². The lowest BCUT2D eigenvalue weighted by atomic mass is 10.1. The summed E-state index contributed by atoms with van der Waals surface area (Å²) in [4.78, 5) is 0.338. The normalized spacial score (nSPS) is 25.4. The van der Waals surface area contributed by atoms with Gasteiger partial charge in [0.25, 0.3) is 0 Å². The summed E-state index contributed by atoms with van der Waals surface area (Å²) in [7, 11) is -3.44. The lowest BCUT2D eigenvalue weighted by molar-refractivity contribution is 0.114. The number of ether oxygens (including phenoxy) is 1. The van der Waals surface area contributed by atoms with E-state index in [1.54, 1.807) is 12.1 Å². The molecule has 3 rings (SSSR count). The Morgan fingerprint density at radius 2 is 2.30 bits per heavy atom. The minimum atomic E-state index is -3.44. The Kier molecular flexibility index (Phi) is 3.70. The van der Waals surface area contributed by atoms with Crippen LogP contribution in [0, 0.1) is 0 Å². The molecule has 2 heterocycles. The van der Waals surface area contributed by atoms with Gasteiger partial charge < -0.3 is 10.1 Å². The zero-order valence-corrected chi connectivity index (χ0v) is 12.4. The number of fused-ring (bicyclic) bond motifs is 1. The third-order valence-electron chi connectivity index (χ3n) is 3.84. The van der Waals surface area contributed by atoms with E-state index in [1.807, 2.05) is 6.07 Å². The van der Waals surface area contributed by atoms with Crippen molar-refractivity contribution < 1.29 is 13.2 Å². The van der Waals surface area contributed by atoms with Gasteiger partial charge in [0.1, 0.15) is 0 Å². The predicted octanol–water partition coefficient (Wildman–Crippen LogP) is 1.50. The molecule has 2 atom stereocenters. The fraction of sp³-hybridized carbons (Fsp3) is 0.571. The van der Waals surface area contributed by atoms with E-state index in [2.05, 4.69) is 17.0 Å². The quantitative estimate of drug-likeness (QED) is 0.883. The molecule has 1 aromatic rings. The molecule has 1 saturated heterocycles. The van der Waals surface area contributed by atoms with E-state index >= 15 is 0 Å². The van der Waals surface area contributed by atoms with Gasteiger partial charge in [-0.15, -0.1) is 0 Å². The Morgan fingerprint density at radius 1 is 1.45 bits per heavy atom. The first-order valence-corrected chi connectivity index (χ1v) is 8.54. The fourth-order valence-electron chi connectivity index (χ4n) is 2.78. The number of sulfonamides is 1. The van der Waals surface area contributed by atoms with E-state index < -0.39 is 10.0 Å². The molecule has 1 fully saturated rings. The van der Waals surface area contributed by atoms with Crippen LogP contribution in [0.5, 0.6) is 0 Å². The second-order valence-electron chi connectivity index (χ2n) is 5.56. The zero-order chi connectivity index (χ0) is 14.2. The molecular weight excluding hydrogens is 276 g/mol. The van der Waals surface area contributed by atoms with Gasteiger partial charge in [0.05, 0.1) is 11.0 Å². The van der Waals surface area contributed by atoms with Crippen LogP contribution in [0.3, 0.4) is 0 Å². The number of hydrogen-bond donors (Lipinski definition) is 2. The Bertz CT molecular complexity index is 594. The molecule has 0 bridgehead atoms. The van der Waals surface area contributed by atoms with Crippen molar-refractivity contribution in [3.05, 3.63) is 23.8 Å². The highest BCUT2D eigenvalue weighted by Gasteiger charge is 2.23. The van der Waals surface area contributed by atoms with Crippen molar-refractivity contribution in [2.75, 3.05) is 18.5 Å². The average molecular weight is 296 g/mol. The van der Waals surface area contributed by atoms with Crippen LogP contribution in [0.25, 0.3) is 0 Å².